The number of hydrogen-bond donors (Lipinski definition) is 1. The third-order valence-electron chi connectivity index (χ3n) is 2.86. The third-order valence-corrected chi connectivity index (χ3v) is 2.86. The molecule has 1 N–H and O–H groups in total. The van der Waals surface area contributed by atoms with Crippen LogP contribution < -0.4 is 10.1 Å². The number of halogens is 1. The quantitative estimate of drug-likeness (QED) is 0.911. The van der Waals surface area contributed by atoms with Crippen LogP contribution in [0.3, 0.4) is 0 Å². The number of benzene rings is 1. The Morgan fingerprint density at radius 2 is 2.00 bits per heavy atom. The van der Waals surface area contributed by atoms with Crippen molar-refractivity contribution < 1.29 is 9.13 Å². The van der Waals surface area contributed by atoms with Crippen LogP contribution >= 0.6 is 0 Å². The first-order chi connectivity index (χ1) is 9.61. The highest BCUT2D eigenvalue weighted by atomic mass is 19.1. The summed E-state index contributed by atoms with van der Waals surface area (Å²) < 4.78 is 19.3. The Balaban J connectivity index is 2.30. The van der Waals surface area contributed by atoms with Gasteiger partial charge in [-0.25, -0.2) is 14.4 Å². The molecule has 0 saturated carbocycles. The van der Waals surface area contributed by atoms with Crippen molar-refractivity contribution in [2.75, 3.05) is 7.11 Å². The molecule has 0 amide bonds. The minimum atomic E-state index is -0.327. The van der Waals surface area contributed by atoms with E-state index in [0.29, 0.717) is 29.7 Å². The molecule has 4 nitrogen and oxygen atoms in total. The molecule has 0 saturated heterocycles. The largest absolute Gasteiger partial charge is 0.479 e. The van der Waals surface area contributed by atoms with E-state index in [2.05, 4.69) is 29.1 Å². The van der Waals surface area contributed by atoms with Gasteiger partial charge in [0, 0.05) is 30.5 Å². The van der Waals surface area contributed by atoms with Gasteiger partial charge in [0.2, 0.25) is 5.88 Å². The third kappa shape index (κ3) is 3.30. The van der Waals surface area contributed by atoms with Crippen molar-refractivity contribution in [2.45, 2.75) is 26.4 Å². The molecule has 0 aliphatic carbocycles. The summed E-state index contributed by atoms with van der Waals surface area (Å²) in [4.78, 5) is 8.17. The maximum Gasteiger partial charge on any atom is 0.240 e. The first-order valence-electron chi connectivity index (χ1n) is 6.49. The van der Waals surface area contributed by atoms with Crippen LogP contribution in [0.5, 0.6) is 5.88 Å². The lowest BCUT2D eigenvalue weighted by Crippen LogP contribution is -2.21. The number of aromatic nitrogens is 2. The molecule has 0 atom stereocenters. The van der Waals surface area contributed by atoms with Gasteiger partial charge in [-0.15, -0.1) is 0 Å². The zero-order chi connectivity index (χ0) is 14.5. The predicted molar refractivity (Wildman–Crippen MR) is 76.0 cm³/mol. The molecule has 0 radical (unpaired) electrons. The van der Waals surface area contributed by atoms with Crippen LogP contribution in [0.2, 0.25) is 0 Å². The van der Waals surface area contributed by atoms with Gasteiger partial charge < -0.3 is 10.1 Å². The van der Waals surface area contributed by atoms with Crippen LogP contribution in [0, 0.1) is 5.82 Å². The number of nitrogens with zero attached hydrogens (tertiary/aromatic N) is 2. The monoisotopic (exact) mass is 275 g/mol. The number of ether oxygens (including phenoxy) is 1. The zero-order valence-corrected chi connectivity index (χ0v) is 11.9. The highest BCUT2D eigenvalue weighted by Crippen LogP contribution is 2.28. The van der Waals surface area contributed by atoms with Gasteiger partial charge in [-0.2, -0.15) is 0 Å². The van der Waals surface area contributed by atoms with Crippen molar-refractivity contribution >= 4 is 0 Å². The van der Waals surface area contributed by atoms with Gasteiger partial charge in [0.25, 0.3) is 0 Å². The van der Waals surface area contributed by atoms with Gasteiger partial charge in [-0.05, 0) is 17.7 Å². The minimum absolute atomic E-state index is 0.319. The lowest BCUT2D eigenvalue weighted by molar-refractivity contribution is 0.397. The molecule has 2 rings (SSSR count). The summed E-state index contributed by atoms with van der Waals surface area (Å²) in [5, 5.41) is 3.25. The molecule has 0 fully saturated rings. The summed E-state index contributed by atoms with van der Waals surface area (Å²) in [5.41, 5.74) is 1.70. The van der Waals surface area contributed by atoms with Crippen molar-refractivity contribution in [3.63, 3.8) is 0 Å². The molecule has 5 heteroatoms. The average Bonchev–Trinajstić information content (AvgIpc) is 2.45. The molecule has 0 aliphatic rings. The lowest BCUT2D eigenvalue weighted by atomic mass is 10.1. The number of nitrogens with one attached hydrogen (secondary N) is 1. The van der Waals surface area contributed by atoms with Gasteiger partial charge >= 0.3 is 0 Å². The van der Waals surface area contributed by atoms with E-state index in [-0.39, 0.29) is 5.82 Å². The van der Waals surface area contributed by atoms with E-state index in [9.17, 15) is 4.39 Å². The van der Waals surface area contributed by atoms with E-state index >= 15 is 0 Å². The second-order valence-electron chi connectivity index (χ2n) is 4.76. The Hall–Kier alpha value is -2.01. The maximum absolute atomic E-state index is 14.2. The van der Waals surface area contributed by atoms with Crippen LogP contribution in [0.15, 0.2) is 30.6 Å². The van der Waals surface area contributed by atoms with Gasteiger partial charge in [-0.1, -0.05) is 19.9 Å². The van der Waals surface area contributed by atoms with E-state index in [4.69, 9.17) is 4.74 Å². The van der Waals surface area contributed by atoms with E-state index in [1.54, 1.807) is 6.07 Å². The minimum Gasteiger partial charge on any atom is -0.479 e. The highest BCUT2D eigenvalue weighted by Gasteiger charge is 2.13. The summed E-state index contributed by atoms with van der Waals surface area (Å²) in [6, 6.07) is 5.46. The number of hydrogen-bond acceptors (Lipinski definition) is 4. The smallest absolute Gasteiger partial charge is 0.240 e. The first-order valence-corrected chi connectivity index (χ1v) is 6.49. The second-order valence-corrected chi connectivity index (χ2v) is 4.76. The van der Waals surface area contributed by atoms with Crippen molar-refractivity contribution in [1.29, 1.82) is 0 Å². The van der Waals surface area contributed by atoms with Crippen molar-refractivity contribution in [1.82, 2.24) is 15.3 Å². The van der Waals surface area contributed by atoms with Crippen LogP contribution in [-0.4, -0.2) is 23.1 Å². The Morgan fingerprint density at radius 1 is 1.25 bits per heavy atom. The van der Waals surface area contributed by atoms with E-state index in [0.717, 1.165) is 5.56 Å². The molecule has 0 bridgehead atoms. The fourth-order valence-corrected chi connectivity index (χ4v) is 1.84. The molecule has 1 aromatic carbocycles. The SMILES string of the molecule is COc1nccnc1-c1ccc(CNC(C)C)cc1F. The zero-order valence-electron chi connectivity index (χ0n) is 11.9. The van der Waals surface area contributed by atoms with E-state index < -0.39 is 0 Å². The second kappa shape index (κ2) is 6.43. The van der Waals surface area contributed by atoms with Crippen LogP contribution in [0.1, 0.15) is 19.4 Å². The lowest BCUT2D eigenvalue weighted by Gasteiger charge is -2.10. The molecular weight excluding hydrogens is 257 g/mol. The van der Waals surface area contributed by atoms with Crippen LogP contribution in [0.25, 0.3) is 11.3 Å². The summed E-state index contributed by atoms with van der Waals surface area (Å²) in [7, 11) is 1.49. The molecule has 1 aromatic heterocycles. The molecule has 0 aliphatic heterocycles. The standard InChI is InChI=1S/C15H18FN3O/c1-10(2)19-9-11-4-5-12(13(16)8-11)14-15(20-3)18-7-6-17-14/h4-8,10,19H,9H2,1-3H3. The molecule has 0 spiro atoms. The fourth-order valence-electron chi connectivity index (χ4n) is 1.84. The van der Waals surface area contributed by atoms with Crippen LogP contribution in [0.4, 0.5) is 4.39 Å². The van der Waals surface area contributed by atoms with Gasteiger partial charge in [-0.3, -0.25) is 0 Å². The normalized spacial score (nSPS) is 10.8. The van der Waals surface area contributed by atoms with Crippen molar-refractivity contribution in [3.8, 4) is 17.1 Å². The molecule has 20 heavy (non-hydrogen) atoms. The van der Waals surface area contributed by atoms with Gasteiger partial charge in [0.05, 0.1) is 7.11 Å². The van der Waals surface area contributed by atoms with E-state index in [1.165, 1.54) is 25.6 Å². The summed E-state index contributed by atoms with van der Waals surface area (Å²) >= 11 is 0. The maximum atomic E-state index is 14.2. The highest BCUT2D eigenvalue weighted by molar-refractivity contribution is 5.65. The number of rotatable bonds is 5. The summed E-state index contributed by atoms with van der Waals surface area (Å²) in [6.07, 6.45) is 3.03. The Kier molecular flexibility index (Phi) is 4.63. The fraction of sp³-hybridized carbons (Fsp3) is 0.333. The Morgan fingerprint density at radius 3 is 2.65 bits per heavy atom. The first kappa shape index (κ1) is 14.4. The molecule has 0 unspecified atom stereocenters. The van der Waals surface area contributed by atoms with Gasteiger partial charge in [0.1, 0.15) is 11.5 Å². The van der Waals surface area contributed by atoms with Gasteiger partial charge in [0.15, 0.2) is 0 Å². The summed E-state index contributed by atoms with van der Waals surface area (Å²) in [6.45, 7) is 4.73. The molecule has 1 heterocycles. The van der Waals surface area contributed by atoms with Crippen molar-refractivity contribution in [3.05, 3.63) is 42.0 Å². The van der Waals surface area contributed by atoms with Crippen LogP contribution in [-0.2, 0) is 6.54 Å². The Bertz CT molecular complexity index is 587. The summed E-state index contributed by atoms with van der Waals surface area (Å²) in [5.74, 6) is -0.00804. The van der Waals surface area contributed by atoms with E-state index in [1.807, 2.05) is 6.07 Å². The number of methoxy groups -OCH3 is 1. The topological polar surface area (TPSA) is 47.0 Å². The Labute approximate surface area is 118 Å². The predicted octanol–water partition coefficient (Wildman–Crippen LogP) is 2.79. The molecule has 106 valence electrons. The van der Waals surface area contributed by atoms with Crippen molar-refractivity contribution in [2.24, 2.45) is 0 Å². The average molecular weight is 275 g/mol. The molecular formula is C15H18FN3O. The molecule has 2 aromatic rings.